The summed E-state index contributed by atoms with van der Waals surface area (Å²) in [5.74, 6) is 0. The highest BCUT2D eigenvalue weighted by Gasteiger charge is 2.39. The van der Waals surface area contributed by atoms with Crippen molar-refractivity contribution in [3.63, 3.8) is 0 Å². The maximum Gasteiger partial charge on any atom is 0.416 e. The molecule has 6 nitrogen and oxygen atoms in total. The Kier molecular flexibility index (Phi) is 3.94. The number of fused-ring (bicyclic) bond motifs is 1. The fourth-order valence-corrected chi connectivity index (χ4v) is 2.79. The summed E-state index contributed by atoms with van der Waals surface area (Å²) in [5, 5.41) is 13.7. The number of aliphatic hydroxyl groups is 1. The number of anilines is 1. The second kappa shape index (κ2) is 5.78. The van der Waals surface area contributed by atoms with Gasteiger partial charge in [-0.3, -0.25) is 4.98 Å². The lowest BCUT2D eigenvalue weighted by Crippen LogP contribution is -2.39. The van der Waals surface area contributed by atoms with Crippen LogP contribution in [0.5, 0.6) is 0 Å². The van der Waals surface area contributed by atoms with Crippen LogP contribution in [0.15, 0.2) is 30.7 Å². The van der Waals surface area contributed by atoms with Crippen LogP contribution in [0.4, 0.5) is 18.3 Å². The van der Waals surface area contributed by atoms with Crippen molar-refractivity contribution >= 4 is 21.4 Å². The molecule has 23 heavy (non-hydrogen) atoms. The zero-order valence-corrected chi connectivity index (χ0v) is 12.7. The van der Waals surface area contributed by atoms with E-state index >= 15 is 0 Å². The summed E-state index contributed by atoms with van der Waals surface area (Å²) in [5.41, 5.74) is 1.51. The third-order valence-electron chi connectivity index (χ3n) is 3.14. The molecule has 0 spiro atoms. The van der Waals surface area contributed by atoms with E-state index < -0.39 is 18.8 Å². The van der Waals surface area contributed by atoms with Gasteiger partial charge in [0.15, 0.2) is 6.10 Å². The normalized spacial score (nSPS) is 13.4. The van der Waals surface area contributed by atoms with Gasteiger partial charge in [-0.25, -0.2) is 9.50 Å². The molecule has 3 aromatic rings. The van der Waals surface area contributed by atoms with Crippen molar-refractivity contribution in [3.8, 4) is 11.3 Å². The number of pyridine rings is 1. The number of likely N-dealkylation sites (N-methyl/N-ethyl adjacent to an activating group) is 1. The molecule has 1 unspecified atom stereocenters. The van der Waals surface area contributed by atoms with Gasteiger partial charge in [0.05, 0.1) is 18.4 Å². The van der Waals surface area contributed by atoms with Crippen molar-refractivity contribution in [2.75, 3.05) is 18.5 Å². The van der Waals surface area contributed by atoms with E-state index in [1.54, 1.807) is 24.7 Å². The smallest absolute Gasteiger partial charge is 0.382 e. The molecule has 3 heterocycles. The Hall–Kier alpha value is -2.20. The van der Waals surface area contributed by atoms with Gasteiger partial charge in [0, 0.05) is 25.0 Å². The summed E-state index contributed by atoms with van der Waals surface area (Å²) in [6, 6.07) is 3.64. The minimum absolute atomic E-state index is 0.341. The highest BCUT2D eigenvalue weighted by atomic mass is 32.1. The Labute approximate surface area is 132 Å². The van der Waals surface area contributed by atoms with Crippen molar-refractivity contribution in [1.29, 1.82) is 0 Å². The number of hydrogen-bond donors (Lipinski definition) is 1. The molecule has 10 heteroatoms. The topological polar surface area (TPSA) is 66.5 Å². The summed E-state index contributed by atoms with van der Waals surface area (Å²) in [6.45, 7) is -0.588. The quantitative estimate of drug-likeness (QED) is 0.787. The number of halogens is 3. The van der Waals surface area contributed by atoms with Crippen LogP contribution in [0.2, 0.25) is 0 Å². The van der Waals surface area contributed by atoms with E-state index in [0.29, 0.717) is 15.8 Å². The number of hydrogen-bond acceptors (Lipinski definition) is 6. The Bertz CT molecular complexity index is 769. The van der Waals surface area contributed by atoms with Crippen molar-refractivity contribution in [3.05, 3.63) is 30.7 Å². The molecule has 0 aromatic carbocycles. The van der Waals surface area contributed by atoms with E-state index in [1.165, 1.54) is 16.5 Å². The molecular formula is C13H12F3N5OS. The van der Waals surface area contributed by atoms with Crippen molar-refractivity contribution in [2.24, 2.45) is 0 Å². The predicted octanol–water partition coefficient (Wildman–Crippen LogP) is 2.21. The molecule has 0 aliphatic rings. The van der Waals surface area contributed by atoms with E-state index in [9.17, 15) is 13.2 Å². The summed E-state index contributed by atoms with van der Waals surface area (Å²) in [6.07, 6.45) is -2.08. The molecule has 0 amide bonds. The maximum absolute atomic E-state index is 12.4. The molecule has 0 aliphatic heterocycles. The van der Waals surface area contributed by atoms with Crippen molar-refractivity contribution < 1.29 is 18.3 Å². The SMILES string of the molecule is CN(CC(O)C(F)(F)F)c1nn2cc(-c3cccnc3)nc2s1. The van der Waals surface area contributed by atoms with Crippen LogP contribution in [0.3, 0.4) is 0 Å². The van der Waals surface area contributed by atoms with Gasteiger partial charge in [-0.2, -0.15) is 13.2 Å². The van der Waals surface area contributed by atoms with Gasteiger partial charge in [-0.05, 0) is 12.1 Å². The molecule has 0 saturated carbocycles. The fraction of sp³-hybridized carbons (Fsp3) is 0.308. The zero-order chi connectivity index (χ0) is 16.6. The van der Waals surface area contributed by atoms with Crippen LogP contribution in [-0.2, 0) is 0 Å². The number of aliphatic hydroxyl groups excluding tert-OH is 1. The first-order chi connectivity index (χ1) is 10.8. The summed E-state index contributed by atoms with van der Waals surface area (Å²) in [4.78, 5) is 10.2. The molecule has 3 aromatic heterocycles. The second-order valence-corrected chi connectivity index (χ2v) is 5.85. The van der Waals surface area contributed by atoms with Crippen LogP contribution < -0.4 is 4.90 Å². The van der Waals surface area contributed by atoms with Gasteiger partial charge in [-0.15, -0.1) is 5.10 Å². The predicted molar refractivity (Wildman–Crippen MR) is 79.4 cm³/mol. The molecule has 1 atom stereocenters. The molecule has 3 rings (SSSR count). The largest absolute Gasteiger partial charge is 0.416 e. The Morgan fingerprint density at radius 2 is 2.22 bits per heavy atom. The highest BCUT2D eigenvalue weighted by Crippen LogP contribution is 2.27. The summed E-state index contributed by atoms with van der Waals surface area (Å²) >= 11 is 1.14. The van der Waals surface area contributed by atoms with Crippen LogP contribution in [0.1, 0.15) is 0 Å². The molecular weight excluding hydrogens is 331 g/mol. The zero-order valence-electron chi connectivity index (χ0n) is 11.9. The van der Waals surface area contributed by atoms with Gasteiger partial charge in [-0.1, -0.05) is 11.3 Å². The van der Waals surface area contributed by atoms with E-state index in [0.717, 1.165) is 16.9 Å². The molecule has 122 valence electrons. The van der Waals surface area contributed by atoms with Gasteiger partial charge in [0.2, 0.25) is 10.1 Å². The van der Waals surface area contributed by atoms with Crippen molar-refractivity contribution in [2.45, 2.75) is 12.3 Å². The number of aromatic nitrogens is 4. The van der Waals surface area contributed by atoms with Crippen LogP contribution in [-0.4, -0.2) is 50.6 Å². The Morgan fingerprint density at radius 3 is 2.83 bits per heavy atom. The summed E-state index contributed by atoms with van der Waals surface area (Å²) in [7, 11) is 1.44. The Balaban J connectivity index is 1.80. The van der Waals surface area contributed by atoms with Crippen LogP contribution in [0.25, 0.3) is 16.2 Å². The molecule has 0 bridgehead atoms. The highest BCUT2D eigenvalue weighted by molar-refractivity contribution is 7.20. The lowest BCUT2D eigenvalue weighted by Gasteiger charge is -2.21. The van der Waals surface area contributed by atoms with E-state index in [1.807, 2.05) is 6.07 Å². The molecule has 0 saturated heterocycles. The lowest BCUT2D eigenvalue weighted by molar-refractivity contribution is -0.200. The average molecular weight is 343 g/mol. The summed E-state index contributed by atoms with van der Waals surface area (Å²) < 4.78 is 38.7. The molecule has 1 N–H and O–H groups in total. The number of alkyl halides is 3. The number of nitrogens with zero attached hydrogens (tertiary/aromatic N) is 5. The lowest BCUT2D eigenvalue weighted by atomic mass is 10.2. The minimum atomic E-state index is -4.65. The first-order valence-electron chi connectivity index (χ1n) is 6.57. The van der Waals surface area contributed by atoms with Gasteiger partial charge >= 0.3 is 6.18 Å². The van der Waals surface area contributed by atoms with E-state index in [-0.39, 0.29) is 0 Å². The standard InChI is InChI=1S/C13H12F3N5OS/c1-20(7-10(22)13(14,15)16)12-19-21-6-9(18-11(21)23-12)8-3-2-4-17-5-8/h2-6,10,22H,7H2,1H3. The number of imidazole rings is 1. The van der Waals surface area contributed by atoms with Gasteiger partial charge in [0.1, 0.15) is 0 Å². The monoisotopic (exact) mass is 343 g/mol. The minimum Gasteiger partial charge on any atom is -0.382 e. The third-order valence-corrected chi connectivity index (χ3v) is 4.18. The van der Waals surface area contributed by atoms with Crippen molar-refractivity contribution in [1.82, 2.24) is 19.6 Å². The molecule has 0 radical (unpaired) electrons. The average Bonchev–Trinajstić information content (AvgIpc) is 3.05. The van der Waals surface area contributed by atoms with E-state index in [2.05, 4.69) is 15.1 Å². The molecule has 0 fully saturated rings. The first kappa shape index (κ1) is 15.7. The third kappa shape index (κ3) is 3.27. The van der Waals surface area contributed by atoms with Gasteiger partial charge < -0.3 is 10.0 Å². The van der Waals surface area contributed by atoms with E-state index in [4.69, 9.17) is 5.11 Å². The fourth-order valence-electron chi connectivity index (χ4n) is 1.94. The van der Waals surface area contributed by atoms with Gasteiger partial charge in [0.25, 0.3) is 0 Å². The Morgan fingerprint density at radius 1 is 1.43 bits per heavy atom. The van der Waals surface area contributed by atoms with Crippen LogP contribution >= 0.6 is 11.3 Å². The molecule has 0 aliphatic carbocycles. The maximum atomic E-state index is 12.4. The first-order valence-corrected chi connectivity index (χ1v) is 7.39. The number of rotatable bonds is 4. The van der Waals surface area contributed by atoms with Crippen LogP contribution in [0, 0.1) is 0 Å². The second-order valence-electron chi connectivity index (χ2n) is 4.92.